The molecule has 0 amide bonds. The van der Waals surface area contributed by atoms with Gasteiger partial charge < -0.3 is 4.57 Å². The smallest absolute Gasteiger partial charge is 0.285 e. The zero-order valence-electron chi connectivity index (χ0n) is 11.3. The van der Waals surface area contributed by atoms with E-state index in [0.717, 1.165) is 14.7 Å². The van der Waals surface area contributed by atoms with Crippen LogP contribution in [0.15, 0.2) is 56.2 Å². The molecule has 0 saturated heterocycles. The van der Waals surface area contributed by atoms with Gasteiger partial charge in [0.05, 0.1) is 15.1 Å². The number of hydrogen-bond donors (Lipinski definition) is 0. The second-order valence-corrected chi connectivity index (χ2v) is 8.45. The van der Waals surface area contributed by atoms with Gasteiger partial charge in [-0.3, -0.25) is 0 Å². The van der Waals surface area contributed by atoms with Crippen molar-refractivity contribution in [2.45, 2.75) is 4.90 Å². The standard InChI is InChI=1S/C14H10BrClN2O2S2/c1-18-13-11(15)3-2-4-12(13)21-14(18)17-22(19,20)10-7-5-9(16)6-8-10/h2-8H,1H3. The van der Waals surface area contributed by atoms with Crippen molar-refractivity contribution in [3.8, 4) is 0 Å². The van der Waals surface area contributed by atoms with Crippen LogP contribution in [0.5, 0.6) is 0 Å². The van der Waals surface area contributed by atoms with E-state index in [4.69, 9.17) is 11.6 Å². The van der Waals surface area contributed by atoms with Crippen molar-refractivity contribution in [1.82, 2.24) is 4.57 Å². The zero-order chi connectivity index (χ0) is 15.9. The van der Waals surface area contributed by atoms with E-state index in [1.54, 1.807) is 11.6 Å². The molecule has 114 valence electrons. The molecule has 1 aromatic heterocycles. The van der Waals surface area contributed by atoms with Crippen LogP contribution >= 0.6 is 38.9 Å². The van der Waals surface area contributed by atoms with Crippen molar-refractivity contribution in [3.05, 3.63) is 56.8 Å². The van der Waals surface area contributed by atoms with Crippen LogP contribution < -0.4 is 4.80 Å². The highest BCUT2D eigenvalue weighted by Gasteiger charge is 2.14. The minimum Gasteiger partial charge on any atom is -0.318 e. The van der Waals surface area contributed by atoms with Gasteiger partial charge in [0.2, 0.25) is 4.80 Å². The van der Waals surface area contributed by atoms with E-state index < -0.39 is 10.0 Å². The second-order valence-electron chi connectivity index (χ2n) is 4.55. The minimum atomic E-state index is -3.77. The van der Waals surface area contributed by atoms with E-state index in [2.05, 4.69) is 20.3 Å². The number of thiazole rings is 1. The second kappa shape index (κ2) is 5.81. The molecule has 8 heteroatoms. The highest BCUT2D eigenvalue weighted by molar-refractivity contribution is 9.10. The average Bonchev–Trinajstić information content (AvgIpc) is 2.76. The van der Waals surface area contributed by atoms with Gasteiger partial charge in [-0.15, -0.1) is 4.40 Å². The quantitative estimate of drug-likeness (QED) is 0.634. The van der Waals surface area contributed by atoms with E-state index in [-0.39, 0.29) is 4.90 Å². The summed E-state index contributed by atoms with van der Waals surface area (Å²) in [6, 6.07) is 11.7. The molecule has 0 spiro atoms. The van der Waals surface area contributed by atoms with Crippen molar-refractivity contribution >= 4 is 59.1 Å². The Morgan fingerprint density at radius 1 is 1.18 bits per heavy atom. The Bertz CT molecular complexity index is 1020. The monoisotopic (exact) mass is 416 g/mol. The Balaban J connectivity index is 2.22. The van der Waals surface area contributed by atoms with E-state index in [0.29, 0.717) is 9.82 Å². The van der Waals surface area contributed by atoms with Gasteiger partial charge in [0.25, 0.3) is 10.0 Å². The first-order chi connectivity index (χ1) is 10.4. The summed E-state index contributed by atoms with van der Waals surface area (Å²) in [6.07, 6.45) is 0. The van der Waals surface area contributed by atoms with Gasteiger partial charge in [-0.2, -0.15) is 8.42 Å². The third kappa shape index (κ3) is 2.86. The molecule has 0 unspecified atom stereocenters. The fraction of sp³-hybridized carbons (Fsp3) is 0.0714. The summed E-state index contributed by atoms with van der Waals surface area (Å²) in [5.74, 6) is 0. The Hall–Kier alpha value is -1.15. The molecule has 0 atom stereocenters. The first-order valence-electron chi connectivity index (χ1n) is 6.19. The molecule has 0 radical (unpaired) electrons. The summed E-state index contributed by atoms with van der Waals surface area (Å²) < 4.78 is 32.4. The number of aromatic nitrogens is 1. The fourth-order valence-electron chi connectivity index (χ4n) is 2.01. The normalized spacial score (nSPS) is 13.0. The molecule has 0 saturated carbocycles. The molecule has 3 rings (SSSR count). The van der Waals surface area contributed by atoms with Gasteiger partial charge in [0.15, 0.2) is 0 Å². The van der Waals surface area contributed by atoms with Crippen LogP contribution in [-0.4, -0.2) is 13.0 Å². The Morgan fingerprint density at radius 2 is 1.86 bits per heavy atom. The molecule has 22 heavy (non-hydrogen) atoms. The number of sulfonamides is 1. The van der Waals surface area contributed by atoms with Gasteiger partial charge in [-0.05, 0) is 52.3 Å². The van der Waals surface area contributed by atoms with Crippen LogP contribution in [-0.2, 0) is 17.1 Å². The lowest BCUT2D eigenvalue weighted by Gasteiger charge is -1.99. The number of benzene rings is 2. The van der Waals surface area contributed by atoms with Gasteiger partial charge in [-0.1, -0.05) is 29.0 Å². The highest BCUT2D eigenvalue weighted by atomic mass is 79.9. The molecule has 1 heterocycles. The molecule has 4 nitrogen and oxygen atoms in total. The predicted octanol–water partition coefficient (Wildman–Crippen LogP) is 3.95. The highest BCUT2D eigenvalue weighted by Crippen LogP contribution is 2.25. The largest absolute Gasteiger partial charge is 0.318 e. The lowest BCUT2D eigenvalue weighted by Crippen LogP contribution is -2.13. The molecule has 0 fully saturated rings. The first-order valence-corrected chi connectivity index (χ1v) is 9.62. The molecule has 0 aliphatic rings. The lowest BCUT2D eigenvalue weighted by atomic mass is 10.3. The van der Waals surface area contributed by atoms with E-state index in [1.165, 1.54) is 35.6 Å². The molecule has 0 aliphatic carbocycles. The molecule has 0 N–H and O–H groups in total. The van der Waals surface area contributed by atoms with Crippen LogP contribution in [0.3, 0.4) is 0 Å². The van der Waals surface area contributed by atoms with E-state index >= 15 is 0 Å². The average molecular weight is 418 g/mol. The van der Waals surface area contributed by atoms with Crippen LogP contribution in [0, 0.1) is 0 Å². The Morgan fingerprint density at radius 3 is 2.50 bits per heavy atom. The SMILES string of the molecule is Cn1c(=NS(=O)(=O)c2ccc(Cl)cc2)sc2cccc(Br)c21. The maximum atomic E-state index is 12.4. The number of rotatable bonds is 2. The van der Waals surface area contributed by atoms with Crippen molar-refractivity contribution in [2.24, 2.45) is 11.4 Å². The van der Waals surface area contributed by atoms with E-state index in [9.17, 15) is 8.42 Å². The molecule has 0 bridgehead atoms. The third-order valence-corrected chi connectivity index (χ3v) is 6.47. The van der Waals surface area contributed by atoms with Gasteiger partial charge in [-0.25, -0.2) is 0 Å². The number of halogens is 2. The fourth-order valence-corrected chi connectivity index (χ4v) is 5.17. The summed E-state index contributed by atoms with van der Waals surface area (Å²) in [6.45, 7) is 0. The summed E-state index contributed by atoms with van der Waals surface area (Å²) in [7, 11) is -1.98. The lowest BCUT2D eigenvalue weighted by molar-refractivity contribution is 0.596. The maximum absolute atomic E-state index is 12.4. The molecular weight excluding hydrogens is 408 g/mol. The van der Waals surface area contributed by atoms with Gasteiger partial charge >= 0.3 is 0 Å². The molecule has 0 aliphatic heterocycles. The topological polar surface area (TPSA) is 51.4 Å². The van der Waals surface area contributed by atoms with Crippen LogP contribution in [0.1, 0.15) is 0 Å². The molecule has 3 aromatic rings. The Labute approximate surface area is 144 Å². The van der Waals surface area contributed by atoms with Crippen molar-refractivity contribution < 1.29 is 8.42 Å². The van der Waals surface area contributed by atoms with Crippen LogP contribution in [0.2, 0.25) is 5.02 Å². The zero-order valence-corrected chi connectivity index (χ0v) is 15.3. The first kappa shape index (κ1) is 15.7. The van der Waals surface area contributed by atoms with Crippen LogP contribution in [0.25, 0.3) is 10.2 Å². The number of fused-ring (bicyclic) bond motifs is 1. The summed E-state index contributed by atoms with van der Waals surface area (Å²) in [5.41, 5.74) is 0.914. The minimum absolute atomic E-state index is 0.119. The number of hydrogen-bond acceptors (Lipinski definition) is 3. The van der Waals surface area contributed by atoms with E-state index in [1.807, 2.05) is 18.2 Å². The van der Waals surface area contributed by atoms with Crippen LogP contribution in [0.4, 0.5) is 0 Å². The number of aryl methyl sites for hydroxylation is 1. The number of para-hydroxylation sites is 1. The summed E-state index contributed by atoms with van der Waals surface area (Å²) in [5, 5.41) is 0.482. The van der Waals surface area contributed by atoms with Crippen molar-refractivity contribution in [2.75, 3.05) is 0 Å². The molecular formula is C14H10BrClN2O2S2. The van der Waals surface area contributed by atoms with Gasteiger partial charge in [0, 0.05) is 16.5 Å². The maximum Gasteiger partial charge on any atom is 0.285 e. The Kier molecular flexibility index (Phi) is 4.15. The molecule has 2 aromatic carbocycles. The predicted molar refractivity (Wildman–Crippen MR) is 92.7 cm³/mol. The summed E-state index contributed by atoms with van der Waals surface area (Å²) >= 11 is 10.6. The van der Waals surface area contributed by atoms with Crippen molar-refractivity contribution in [3.63, 3.8) is 0 Å². The third-order valence-electron chi connectivity index (χ3n) is 3.08. The summed E-state index contributed by atoms with van der Waals surface area (Å²) in [4.78, 5) is 0.533. The van der Waals surface area contributed by atoms with Gasteiger partial charge in [0.1, 0.15) is 0 Å². The van der Waals surface area contributed by atoms with Crippen molar-refractivity contribution in [1.29, 1.82) is 0 Å². The number of nitrogens with zero attached hydrogens (tertiary/aromatic N) is 2.